The Hall–Kier alpha value is -3.35. The first-order valence-electron chi connectivity index (χ1n) is 8.60. The molecule has 7 nitrogen and oxygen atoms in total. The van der Waals surface area contributed by atoms with Crippen molar-refractivity contribution in [1.29, 1.82) is 0 Å². The molecule has 7 heteroatoms. The van der Waals surface area contributed by atoms with Crippen molar-refractivity contribution < 1.29 is 28.6 Å². The van der Waals surface area contributed by atoms with Crippen LogP contribution in [-0.2, 0) is 9.53 Å². The smallest absolute Gasteiger partial charge is 0.351 e. The highest BCUT2D eigenvalue weighted by Crippen LogP contribution is 2.33. The maximum atomic E-state index is 12.4. The van der Waals surface area contributed by atoms with Crippen molar-refractivity contribution in [3.8, 4) is 11.5 Å². The molecule has 0 saturated carbocycles. The lowest BCUT2D eigenvalue weighted by atomic mass is 10.1. The highest BCUT2D eigenvalue weighted by molar-refractivity contribution is 6.21. The molecule has 0 unspecified atom stereocenters. The number of carbonyl (C=O) groups is 3. The minimum absolute atomic E-state index is 0.0172. The predicted octanol–water partition coefficient (Wildman–Crippen LogP) is 2.05. The van der Waals surface area contributed by atoms with Gasteiger partial charge >= 0.3 is 5.97 Å². The van der Waals surface area contributed by atoms with Gasteiger partial charge in [0.05, 0.1) is 17.7 Å². The summed E-state index contributed by atoms with van der Waals surface area (Å²) in [4.78, 5) is 38.0. The topological polar surface area (TPSA) is 82.1 Å². The lowest BCUT2D eigenvalue weighted by molar-refractivity contribution is -0.157. The molecule has 0 N–H and O–H groups in total. The molecular formula is C20H17NO6. The first-order chi connectivity index (χ1) is 13.1. The number of hydrogen-bond acceptors (Lipinski definition) is 6. The maximum absolute atomic E-state index is 12.4. The summed E-state index contributed by atoms with van der Waals surface area (Å²) in [6.07, 6.45) is -1.44. The van der Waals surface area contributed by atoms with Gasteiger partial charge in [0.15, 0.2) is 11.5 Å². The van der Waals surface area contributed by atoms with E-state index in [1.165, 1.54) is 0 Å². The number of rotatable bonds is 4. The molecule has 2 aromatic rings. The molecule has 138 valence electrons. The number of benzene rings is 2. The van der Waals surface area contributed by atoms with Crippen LogP contribution in [0.3, 0.4) is 0 Å². The van der Waals surface area contributed by atoms with E-state index in [1.54, 1.807) is 49.4 Å². The van der Waals surface area contributed by atoms with Gasteiger partial charge in [-0.1, -0.05) is 24.3 Å². The van der Waals surface area contributed by atoms with Crippen LogP contribution in [0.25, 0.3) is 0 Å². The van der Waals surface area contributed by atoms with Crippen LogP contribution in [0.15, 0.2) is 48.5 Å². The molecule has 0 bridgehead atoms. The van der Waals surface area contributed by atoms with Crippen molar-refractivity contribution in [2.45, 2.75) is 19.1 Å². The molecule has 2 aromatic carbocycles. The monoisotopic (exact) mass is 367 g/mol. The fourth-order valence-electron chi connectivity index (χ4n) is 3.14. The largest absolute Gasteiger partial charge is 0.482 e. The molecule has 2 atom stereocenters. The molecule has 0 saturated heterocycles. The number of nitrogens with zero attached hydrogens (tertiary/aromatic N) is 1. The van der Waals surface area contributed by atoms with Gasteiger partial charge in [0, 0.05) is 0 Å². The minimum atomic E-state index is -0.915. The highest BCUT2D eigenvalue weighted by atomic mass is 16.6. The van der Waals surface area contributed by atoms with Crippen molar-refractivity contribution in [3.63, 3.8) is 0 Å². The van der Waals surface area contributed by atoms with Crippen LogP contribution in [0.4, 0.5) is 0 Å². The van der Waals surface area contributed by atoms with Crippen LogP contribution in [-0.4, -0.2) is 48.0 Å². The zero-order valence-electron chi connectivity index (χ0n) is 14.6. The molecule has 2 heterocycles. The lowest BCUT2D eigenvalue weighted by Crippen LogP contribution is -2.45. The minimum Gasteiger partial charge on any atom is -0.482 e. The molecule has 4 rings (SSSR count). The number of fused-ring (bicyclic) bond motifs is 2. The number of amides is 2. The molecule has 2 amide bonds. The lowest BCUT2D eigenvalue weighted by Gasteiger charge is -2.30. The number of carbonyl (C=O) groups excluding carboxylic acids is 3. The summed E-state index contributed by atoms with van der Waals surface area (Å²) < 4.78 is 16.6. The van der Waals surface area contributed by atoms with Crippen LogP contribution in [0, 0.1) is 0 Å². The number of para-hydroxylation sites is 2. The molecule has 0 fully saturated rings. The average molecular weight is 367 g/mol. The van der Waals surface area contributed by atoms with Gasteiger partial charge in [-0.05, 0) is 31.2 Å². The molecule has 27 heavy (non-hydrogen) atoms. The highest BCUT2D eigenvalue weighted by Gasteiger charge is 2.37. The Labute approximate surface area is 155 Å². The fourth-order valence-corrected chi connectivity index (χ4v) is 3.14. The van der Waals surface area contributed by atoms with E-state index in [-0.39, 0.29) is 25.0 Å². The van der Waals surface area contributed by atoms with E-state index < -0.39 is 18.2 Å². The molecule has 0 spiro atoms. The van der Waals surface area contributed by atoms with Crippen molar-refractivity contribution in [2.24, 2.45) is 0 Å². The van der Waals surface area contributed by atoms with E-state index in [4.69, 9.17) is 14.2 Å². The Balaban J connectivity index is 1.36. The van der Waals surface area contributed by atoms with Gasteiger partial charge in [0.1, 0.15) is 12.7 Å². The predicted molar refractivity (Wildman–Crippen MR) is 93.7 cm³/mol. The zero-order valence-corrected chi connectivity index (χ0v) is 14.6. The summed E-state index contributed by atoms with van der Waals surface area (Å²) in [5.41, 5.74) is 0.728. The Bertz CT molecular complexity index is 889. The van der Waals surface area contributed by atoms with E-state index in [2.05, 4.69) is 0 Å². The van der Waals surface area contributed by atoms with Gasteiger partial charge < -0.3 is 14.2 Å². The molecule has 0 aromatic heterocycles. The Morgan fingerprint density at radius 1 is 0.963 bits per heavy atom. The number of esters is 1. The average Bonchev–Trinajstić information content (AvgIpc) is 2.92. The second-order valence-electron chi connectivity index (χ2n) is 6.28. The van der Waals surface area contributed by atoms with E-state index >= 15 is 0 Å². The number of ether oxygens (including phenoxy) is 3. The van der Waals surface area contributed by atoms with Crippen LogP contribution < -0.4 is 9.47 Å². The third-order valence-corrected chi connectivity index (χ3v) is 4.51. The van der Waals surface area contributed by atoms with Gasteiger partial charge in [-0.2, -0.15) is 0 Å². The van der Waals surface area contributed by atoms with Crippen LogP contribution in [0.1, 0.15) is 27.6 Å². The van der Waals surface area contributed by atoms with Crippen molar-refractivity contribution in [3.05, 3.63) is 59.7 Å². The molecular weight excluding hydrogens is 350 g/mol. The van der Waals surface area contributed by atoms with E-state index in [0.29, 0.717) is 22.6 Å². The summed E-state index contributed by atoms with van der Waals surface area (Å²) in [5, 5.41) is 0. The molecule has 0 radical (unpaired) electrons. The fraction of sp³-hybridized carbons (Fsp3) is 0.250. The van der Waals surface area contributed by atoms with E-state index in [1.807, 2.05) is 6.07 Å². The van der Waals surface area contributed by atoms with Crippen molar-refractivity contribution >= 4 is 17.8 Å². The van der Waals surface area contributed by atoms with Gasteiger partial charge in [-0.25, -0.2) is 4.79 Å². The molecule has 2 aliphatic rings. The van der Waals surface area contributed by atoms with Gasteiger partial charge in [-0.3, -0.25) is 14.5 Å². The van der Waals surface area contributed by atoms with Crippen LogP contribution in [0.5, 0.6) is 11.5 Å². The second kappa shape index (κ2) is 6.75. The first-order valence-corrected chi connectivity index (χ1v) is 8.60. The Kier molecular flexibility index (Phi) is 4.27. The van der Waals surface area contributed by atoms with Gasteiger partial charge in [0.2, 0.25) is 6.10 Å². The van der Waals surface area contributed by atoms with Crippen molar-refractivity contribution in [2.75, 3.05) is 13.2 Å². The third-order valence-electron chi connectivity index (χ3n) is 4.51. The SMILES string of the molecule is C[C@@H]1Oc2ccccc2O[C@H]1C(=O)OCCN1C(=O)c2ccccc2C1=O. The maximum Gasteiger partial charge on any atom is 0.351 e. The van der Waals surface area contributed by atoms with Gasteiger partial charge in [-0.15, -0.1) is 0 Å². The summed E-state index contributed by atoms with van der Waals surface area (Å²) >= 11 is 0. The number of hydrogen-bond donors (Lipinski definition) is 0. The third kappa shape index (κ3) is 3.01. The van der Waals surface area contributed by atoms with Crippen LogP contribution in [0.2, 0.25) is 0 Å². The van der Waals surface area contributed by atoms with Gasteiger partial charge in [0.25, 0.3) is 11.8 Å². The summed E-state index contributed by atoms with van der Waals surface area (Å²) in [7, 11) is 0. The Morgan fingerprint density at radius 2 is 1.52 bits per heavy atom. The van der Waals surface area contributed by atoms with E-state index in [0.717, 1.165) is 4.90 Å². The van der Waals surface area contributed by atoms with E-state index in [9.17, 15) is 14.4 Å². The first kappa shape index (κ1) is 17.1. The quantitative estimate of drug-likeness (QED) is 0.608. The normalized spacial score (nSPS) is 20.4. The summed E-state index contributed by atoms with van der Waals surface area (Å²) in [6.45, 7) is 1.58. The summed E-state index contributed by atoms with van der Waals surface area (Å²) in [5.74, 6) is -0.330. The van der Waals surface area contributed by atoms with Crippen LogP contribution >= 0.6 is 0 Å². The molecule has 2 aliphatic heterocycles. The molecule has 0 aliphatic carbocycles. The zero-order chi connectivity index (χ0) is 19.0. The summed E-state index contributed by atoms with van der Waals surface area (Å²) in [6, 6.07) is 13.7. The van der Waals surface area contributed by atoms with Crippen molar-refractivity contribution in [1.82, 2.24) is 4.90 Å². The Morgan fingerprint density at radius 3 is 2.15 bits per heavy atom. The second-order valence-corrected chi connectivity index (χ2v) is 6.28. The number of imide groups is 1. The standard InChI is InChI=1S/C20H17NO6/c1-12-17(27-16-9-5-4-8-15(16)26-12)20(24)25-11-10-21-18(22)13-6-2-3-7-14(13)19(21)23/h2-9,12,17H,10-11H2,1H3/t12-,17+/m0/s1.